The second-order valence-electron chi connectivity index (χ2n) is 4.43. The molecule has 0 unspecified atom stereocenters. The predicted molar refractivity (Wildman–Crippen MR) is 70.9 cm³/mol. The summed E-state index contributed by atoms with van der Waals surface area (Å²) in [5, 5.41) is 4.47. The van der Waals surface area contributed by atoms with E-state index in [-0.39, 0.29) is 0 Å². The monoisotopic (exact) mass is 241 g/mol. The zero-order valence-corrected chi connectivity index (χ0v) is 10.4. The molecule has 0 spiro atoms. The van der Waals surface area contributed by atoms with E-state index >= 15 is 0 Å². The first kappa shape index (κ1) is 11.0. The lowest BCUT2D eigenvalue weighted by atomic mass is 10.1. The van der Waals surface area contributed by atoms with Gasteiger partial charge >= 0.3 is 0 Å². The lowest BCUT2D eigenvalue weighted by Crippen LogP contribution is -1.96. The van der Waals surface area contributed by atoms with Gasteiger partial charge in [-0.25, -0.2) is 4.98 Å². The maximum atomic E-state index is 5.74. The largest absolute Gasteiger partial charge is 0.342 e. The second kappa shape index (κ2) is 3.96. The van der Waals surface area contributed by atoms with Gasteiger partial charge in [-0.3, -0.25) is 4.68 Å². The minimum Gasteiger partial charge on any atom is -0.342 e. The number of H-pyrrole nitrogens is 1. The van der Waals surface area contributed by atoms with Crippen molar-refractivity contribution in [2.75, 3.05) is 0 Å². The van der Waals surface area contributed by atoms with E-state index in [1.165, 1.54) is 0 Å². The van der Waals surface area contributed by atoms with Gasteiger partial charge < -0.3 is 10.7 Å². The summed E-state index contributed by atoms with van der Waals surface area (Å²) < 4.78 is 1.79. The first-order chi connectivity index (χ1) is 8.67. The number of nitrogens with two attached hydrogens (primary N) is 1. The highest BCUT2D eigenvalue weighted by atomic mass is 15.3. The van der Waals surface area contributed by atoms with Crippen LogP contribution in [0.25, 0.3) is 22.3 Å². The van der Waals surface area contributed by atoms with Gasteiger partial charge in [0.15, 0.2) is 0 Å². The average molecular weight is 241 g/mol. The van der Waals surface area contributed by atoms with Crippen LogP contribution in [0.2, 0.25) is 0 Å². The summed E-state index contributed by atoms with van der Waals surface area (Å²) in [4.78, 5) is 7.63. The molecule has 0 radical (unpaired) electrons. The number of imidazole rings is 1. The van der Waals surface area contributed by atoms with Crippen LogP contribution in [-0.2, 0) is 13.6 Å². The third kappa shape index (κ3) is 1.69. The van der Waals surface area contributed by atoms with Gasteiger partial charge in [0.1, 0.15) is 5.82 Å². The molecular formula is C13H15N5. The lowest BCUT2D eigenvalue weighted by Gasteiger charge is -2.00. The molecule has 0 saturated carbocycles. The number of aryl methyl sites for hydroxylation is 2. The van der Waals surface area contributed by atoms with Crippen LogP contribution in [0.1, 0.15) is 11.4 Å². The molecule has 0 bridgehead atoms. The van der Waals surface area contributed by atoms with Crippen molar-refractivity contribution in [3.63, 3.8) is 0 Å². The number of aromatic amines is 1. The molecule has 1 aromatic carbocycles. The van der Waals surface area contributed by atoms with Crippen LogP contribution in [0.5, 0.6) is 0 Å². The average Bonchev–Trinajstić information content (AvgIpc) is 2.89. The minimum atomic E-state index is 0.489. The Kier molecular flexibility index (Phi) is 2.41. The molecule has 18 heavy (non-hydrogen) atoms. The molecule has 0 aliphatic rings. The first-order valence-electron chi connectivity index (χ1n) is 5.86. The van der Waals surface area contributed by atoms with E-state index in [4.69, 9.17) is 5.73 Å². The van der Waals surface area contributed by atoms with E-state index in [0.29, 0.717) is 6.54 Å². The van der Waals surface area contributed by atoms with Crippen molar-refractivity contribution in [2.45, 2.75) is 13.5 Å². The van der Waals surface area contributed by atoms with Gasteiger partial charge in [-0.2, -0.15) is 5.10 Å². The van der Waals surface area contributed by atoms with Gasteiger partial charge in [0, 0.05) is 30.9 Å². The van der Waals surface area contributed by atoms with E-state index in [0.717, 1.165) is 33.7 Å². The van der Waals surface area contributed by atoms with E-state index in [2.05, 4.69) is 21.1 Å². The topological polar surface area (TPSA) is 72.5 Å². The van der Waals surface area contributed by atoms with Gasteiger partial charge in [-0.05, 0) is 19.1 Å². The van der Waals surface area contributed by atoms with Crippen molar-refractivity contribution in [3.8, 4) is 11.3 Å². The van der Waals surface area contributed by atoms with Crippen molar-refractivity contribution in [3.05, 3.63) is 35.8 Å². The Labute approximate surface area is 105 Å². The minimum absolute atomic E-state index is 0.489. The summed E-state index contributed by atoms with van der Waals surface area (Å²) in [5.74, 6) is 0.919. The molecule has 92 valence electrons. The number of aromatic nitrogens is 4. The molecule has 2 aromatic heterocycles. The van der Waals surface area contributed by atoms with Crippen molar-refractivity contribution >= 4 is 11.0 Å². The first-order valence-corrected chi connectivity index (χ1v) is 5.86. The Morgan fingerprint density at radius 1 is 1.39 bits per heavy atom. The van der Waals surface area contributed by atoms with Gasteiger partial charge in [0.05, 0.1) is 16.7 Å². The van der Waals surface area contributed by atoms with E-state index in [1.807, 2.05) is 32.3 Å². The fourth-order valence-electron chi connectivity index (χ4n) is 2.21. The maximum absolute atomic E-state index is 5.74. The number of fused-ring (bicyclic) bond motifs is 1. The van der Waals surface area contributed by atoms with Crippen LogP contribution in [-0.4, -0.2) is 19.7 Å². The molecule has 0 aliphatic heterocycles. The molecular weight excluding hydrogens is 226 g/mol. The molecule has 5 nitrogen and oxygen atoms in total. The summed E-state index contributed by atoms with van der Waals surface area (Å²) in [6.45, 7) is 2.44. The Morgan fingerprint density at radius 2 is 2.22 bits per heavy atom. The molecule has 3 rings (SSSR count). The Bertz CT molecular complexity index is 707. The van der Waals surface area contributed by atoms with E-state index < -0.39 is 0 Å². The zero-order valence-electron chi connectivity index (χ0n) is 10.4. The second-order valence-corrected chi connectivity index (χ2v) is 4.43. The smallest absolute Gasteiger partial charge is 0.104 e. The summed E-state index contributed by atoms with van der Waals surface area (Å²) in [6, 6.07) is 6.10. The van der Waals surface area contributed by atoms with Crippen LogP contribution < -0.4 is 5.73 Å². The maximum Gasteiger partial charge on any atom is 0.104 e. The van der Waals surface area contributed by atoms with Crippen LogP contribution in [0.4, 0.5) is 0 Å². The Morgan fingerprint density at radius 3 is 3.00 bits per heavy atom. The third-order valence-corrected chi connectivity index (χ3v) is 3.00. The van der Waals surface area contributed by atoms with E-state index in [1.54, 1.807) is 4.68 Å². The molecule has 0 amide bonds. The van der Waals surface area contributed by atoms with Crippen molar-refractivity contribution in [2.24, 2.45) is 12.8 Å². The molecule has 0 fully saturated rings. The number of benzene rings is 1. The molecule has 5 heteroatoms. The summed E-state index contributed by atoms with van der Waals surface area (Å²) >= 11 is 0. The molecule has 3 N–H and O–H groups in total. The van der Waals surface area contributed by atoms with Crippen LogP contribution >= 0.6 is 0 Å². The zero-order chi connectivity index (χ0) is 12.7. The van der Waals surface area contributed by atoms with Crippen molar-refractivity contribution in [1.82, 2.24) is 19.7 Å². The summed E-state index contributed by atoms with van der Waals surface area (Å²) in [5.41, 5.74) is 10.8. The Balaban J connectivity index is 2.18. The summed E-state index contributed by atoms with van der Waals surface area (Å²) in [7, 11) is 1.90. The third-order valence-electron chi connectivity index (χ3n) is 3.00. The van der Waals surface area contributed by atoms with Crippen LogP contribution in [0.15, 0.2) is 24.4 Å². The van der Waals surface area contributed by atoms with Gasteiger partial charge in [-0.15, -0.1) is 0 Å². The molecule has 0 aliphatic carbocycles. The SMILES string of the molecule is Cc1nc2ccc(-c3nn(C)cc3CN)cc2[nH]1. The van der Waals surface area contributed by atoms with Gasteiger partial charge in [0.2, 0.25) is 0 Å². The summed E-state index contributed by atoms with van der Waals surface area (Å²) in [6.07, 6.45) is 1.96. The number of rotatable bonds is 2. The highest BCUT2D eigenvalue weighted by Crippen LogP contribution is 2.24. The normalized spacial score (nSPS) is 11.3. The van der Waals surface area contributed by atoms with Crippen molar-refractivity contribution in [1.29, 1.82) is 0 Å². The molecule has 0 saturated heterocycles. The fourth-order valence-corrected chi connectivity index (χ4v) is 2.21. The lowest BCUT2D eigenvalue weighted by molar-refractivity contribution is 0.769. The number of hydrogen-bond donors (Lipinski definition) is 2. The van der Waals surface area contributed by atoms with E-state index in [9.17, 15) is 0 Å². The highest BCUT2D eigenvalue weighted by molar-refractivity contribution is 5.81. The quantitative estimate of drug-likeness (QED) is 0.717. The molecule has 3 aromatic rings. The molecule has 0 atom stereocenters. The molecule has 2 heterocycles. The van der Waals surface area contributed by atoms with Crippen LogP contribution in [0, 0.1) is 6.92 Å². The number of nitrogens with one attached hydrogen (secondary N) is 1. The highest BCUT2D eigenvalue weighted by Gasteiger charge is 2.10. The van der Waals surface area contributed by atoms with Crippen LogP contribution in [0.3, 0.4) is 0 Å². The van der Waals surface area contributed by atoms with Crippen molar-refractivity contribution < 1.29 is 0 Å². The van der Waals surface area contributed by atoms with Gasteiger partial charge in [0.25, 0.3) is 0 Å². The number of nitrogens with zero attached hydrogens (tertiary/aromatic N) is 3. The Hall–Kier alpha value is -2.14. The predicted octanol–water partition coefficient (Wildman–Crippen LogP) is 1.73. The standard InChI is InChI=1S/C13H15N5/c1-8-15-11-4-3-9(5-12(11)16-8)13-10(6-14)7-18(2)17-13/h3-5,7H,6,14H2,1-2H3,(H,15,16). The number of hydrogen-bond acceptors (Lipinski definition) is 3. The fraction of sp³-hybridized carbons (Fsp3) is 0.231. The van der Waals surface area contributed by atoms with Gasteiger partial charge in [-0.1, -0.05) is 6.07 Å².